The summed E-state index contributed by atoms with van der Waals surface area (Å²) in [4.78, 5) is 24.1. The Hall–Kier alpha value is -1.40. The molecule has 0 spiro atoms. The van der Waals surface area contributed by atoms with Gasteiger partial charge in [0.1, 0.15) is 0 Å². The lowest BCUT2D eigenvalue weighted by Gasteiger charge is -2.31. The van der Waals surface area contributed by atoms with E-state index in [1.54, 1.807) is 12.1 Å². The fourth-order valence-corrected chi connectivity index (χ4v) is 3.21. The Morgan fingerprint density at radius 3 is 2.52 bits per heavy atom. The van der Waals surface area contributed by atoms with Gasteiger partial charge in [-0.25, -0.2) is 0 Å². The molecule has 23 heavy (non-hydrogen) atoms. The number of nitrogens with two attached hydrogens (primary N) is 1. The van der Waals surface area contributed by atoms with Crippen molar-refractivity contribution in [1.82, 2.24) is 10.6 Å². The molecule has 0 radical (unpaired) electrons. The molecule has 0 atom stereocenters. The molecule has 0 bridgehead atoms. The third-order valence-electron chi connectivity index (χ3n) is 4.21. The average Bonchev–Trinajstić information content (AvgIpc) is 2.55. The number of carbonyl (C=O) groups is 2. The summed E-state index contributed by atoms with van der Waals surface area (Å²) in [6, 6.07) is 7.24. The van der Waals surface area contributed by atoms with E-state index in [-0.39, 0.29) is 11.8 Å². The monoisotopic (exact) mass is 381 g/mol. The third kappa shape index (κ3) is 5.32. The molecule has 126 valence electrons. The van der Waals surface area contributed by atoms with Crippen molar-refractivity contribution in [2.75, 3.05) is 13.1 Å². The second kappa shape index (κ2) is 8.45. The van der Waals surface area contributed by atoms with Crippen molar-refractivity contribution in [2.24, 2.45) is 5.73 Å². The number of amides is 2. The van der Waals surface area contributed by atoms with Gasteiger partial charge in [-0.05, 0) is 37.5 Å². The summed E-state index contributed by atoms with van der Waals surface area (Å²) >= 11 is 3.34. The molecule has 2 amide bonds. The van der Waals surface area contributed by atoms with Crippen LogP contribution in [0.4, 0.5) is 0 Å². The molecule has 0 aliphatic heterocycles. The van der Waals surface area contributed by atoms with Gasteiger partial charge in [-0.1, -0.05) is 41.3 Å². The van der Waals surface area contributed by atoms with E-state index in [1.165, 1.54) is 0 Å². The van der Waals surface area contributed by atoms with Crippen LogP contribution in [-0.2, 0) is 4.79 Å². The zero-order chi connectivity index (χ0) is 16.7. The van der Waals surface area contributed by atoms with Crippen molar-refractivity contribution in [3.63, 3.8) is 0 Å². The average molecular weight is 382 g/mol. The molecule has 1 fully saturated rings. The number of benzene rings is 1. The van der Waals surface area contributed by atoms with Gasteiger partial charge in [-0.3, -0.25) is 9.59 Å². The van der Waals surface area contributed by atoms with Crippen LogP contribution in [0.25, 0.3) is 0 Å². The Morgan fingerprint density at radius 1 is 1.13 bits per heavy atom. The molecule has 0 unspecified atom stereocenters. The van der Waals surface area contributed by atoms with Gasteiger partial charge in [0.05, 0.1) is 5.54 Å². The predicted molar refractivity (Wildman–Crippen MR) is 94.1 cm³/mol. The van der Waals surface area contributed by atoms with Crippen LogP contribution < -0.4 is 16.4 Å². The minimum atomic E-state index is -0.697. The highest BCUT2D eigenvalue weighted by Gasteiger charge is 2.34. The van der Waals surface area contributed by atoms with E-state index < -0.39 is 5.54 Å². The topological polar surface area (TPSA) is 84.2 Å². The van der Waals surface area contributed by atoms with Gasteiger partial charge in [-0.2, -0.15) is 0 Å². The Kier molecular flexibility index (Phi) is 6.59. The van der Waals surface area contributed by atoms with E-state index in [0.29, 0.717) is 25.1 Å². The molecule has 2 rings (SSSR count). The van der Waals surface area contributed by atoms with Crippen molar-refractivity contribution in [1.29, 1.82) is 0 Å². The number of hydrogen-bond donors (Lipinski definition) is 3. The summed E-state index contributed by atoms with van der Waals surface area (Å²) in [6.07, 6.45) is 5.41. The van der Waals surface area contributed by atoms with Crippen LogP contribution in [0.15, 0.2) is 28.7 Å². The lowest BCUT2D eigenvalue weighted by molar-refractivity contribution is -0.127. The van der Waals surface area contributed by atoms with E-state index in [4.69, 9.17) is 5.73 Å². The molecule has 1 aliphatic carbocycles. The smallest absolute Gasteiger partial charge is 0.251 e. The third-order valence-corrected chi connectivity index (χ3v) is 4.70. The van der Waals surface area contributed by atoms with E-state index >= 15 is 0 Å². The maximum absolute atomic E-state index is 12.1. The summed E-state index contributed by atoms with van der Waals surface area (Å²) in [5, 5.41) is 5.74. The molecule has 1 aromatic carbocycles. The van der Waals surface area contributed by atoms with Gasteiger partial charge >= 0.3 is 0 Å². The fraction of sp³-hybridized carbons (Fsp3) is 0.529. The van der Waals surface area contributed by atoms with Gasteiger partial charge in [0.15, 0.2) is 0 Å². The van der Waals surface area contributed by atoms with Gasteiger partial charge < -0.3 is 16.4 Å². The van der Waals surface area contributed by atoms with Crippen molar-refractivity contribution < 1.29 is 9.59 Å². The largest absolute Gasteiger partial charge is 0.354 e. The van der Waals surface area contributed by atoms with Crippen LogP contribution in [0.2, 0.25) is 0 Å². The molecular weight excluding hydrogens is 358 g/mol. The van der Waals surface area contributed by atoms with Gasteiger partial charge in [-0.15, -0.1) is 0 Å². The standard InChI is InChI=1S/C17H24BrN3O2/c18-14-7-4-6-13(12-14)15(22)20-10-5-11-21-16(23)17(19)8-2-1-3-9-17/h4,6-7,12H,1-3,5,8-11,19H2,(H,20,22)(H,21,23). The molecule has 1 saturated carbocycles. The van der Waals surface area contributed by atoms with Crippen LogP contribution in [0.3, 0.4) is 0 Å². The summed E-state index contributed by atoms with van der Waals surface area (Å²) in [5.41, 5.74) is 6.09. The number of halogens is 1. The van der Waals surface area contributed by atoms with Crippen molar-refractivity contribution in [2.45, 2.75) is 44.1 Å². The molecule has 0 aromatic heterocycles. The number of nitrogens with one attached hydrogen (secondary N) is 2. The molecule has 1 aliphatic rings. The van der Waals surface area contributed by atoms with Crippen molar-refractivity contribution >= 4 is 27.7 Å². The minimum Gasteiger partial charge on any atom is -0.354 e. The molecule has 1 aromatic rings. The first-order chi connectivity index (χ1) is 11.0. The SMILES string of the molecule is NC1(C(=O)NCCCNC(=O)c2cccc(Br)c2)CCCCC1. The summed E-state index contributed by atoms with van der Waals surface area (Å²) < 4.78 is 0.873. The van der Waals surface area contributed by atoms with Crippen LogP contribution >= 0.6 is 15.9 Å². The number of carbonyl (C=O) groups excluding carboxylic acids is 2. The Balaban J connectivity index is 1.65. The first-order valence-electron chi connectivity index (χ1n) is 8.12. The highest BCUT2D eigenvalue weighted by atomic mass is 79.9. The zero-order valence-electron chi connectivity index (χ0n) is 13.2. The van der Waals surface area contributed by atoms with Crippen LogP contribution in [0.5, 0.6) is 0 Å². The predicted octanol–water partition coefficient (Wildman–Crippen LogP) is 2.35. The molecule has 0 heterocycles. The van der Waals surface area contributed by atoms with E-state index in [1.807, 2.05) is 12.1 Å². The Morgan fingerprint density at radius 2 is 1.83 bits per heavy atom. The Bertz CT molecular complexity index is 557. The molecular formula is C17H24BrN3O2. The molecule has 5 nitrogen and oxygen atoms in total. The quantitative estimate of drug-likeness (QED) is 0.661. The minimum absolute atomic E-state index is 0.0597. The highest BCUT2D eigenvalue weighted by molar-refractivity contribution is 9.10. The number of hydrogen-bond acceptors (Lipinski definition) is 3. The molecule has 0 saturated heterocycles. The Labute approximate surface area is 145 Å². The lowest BCUT2D eigenvalue weighted by Crippen LogP contribution is -2.55. The maximum Gasteiger partial charge on any atom is 0.251 e. The van der Waals surface area contributed by atoms with Crippen molar-refractivity contribution in [3.8, 4) is 0 Å². The number of rotatable bonds is 6. The molecule has 6 heteroatoms. The van der Waals surface area contributed by atoms with Crippen LogP contribution in [0.1, 0.15) is 48.9 Å². The second-order valence-corrected chi connectivity index (χ2v) is 7.01. The van der Waals surface area contributed by atoms with Gasteiger partial charge in [0.2, 0.25) is 5.91 Å². The summed E-state index contributed by atoms with van der Waals surface area (Å²) in [7, 11) is 0. The van der Waals surface area contributed by atoms with Crippen molar-refractivity contribution in [3.05, 3.63) is 34.3 Å². The van der Waals surface area contributed by atoms with Crippen LogP contribution in [-0.4, -0.2) is 30.4 Å². The van der Waals surface area contributed by atoms with E-state index in [9.17, 15) is 9.59 Å². The van der Waals surface area contributed by atoms with Gasteiger partial charge in [0, 0.05) is 23.1 Å². The summed E-state index contributed by atoms with van der Waals surface area (Å²) in [6.45, 7) is 1.04. The normalized spacial score (nSPS) is 16.6. The van der Waals surface area contributed by atoms with Gasteiger partial charge in [0.25, 0.3) is 5.91 Å². The second-order valence-electron chi connectivity index (χ2n) is 6.09. The van der Waals surface area contributed by atoms with Crippen LogP contribution in [0, 0.1) is 0 Å². The van der Waals surface area contributed by atoms with E-state index in [0.717, 1.165) is 36.6 Å². The first kappa shape index (κ1) is 17.9. The summed E-state index contributed by atoms with van der Waals surface area (Å²) in [5.74, 6) is -0.171. The first-order valence-corrected chi connectivity index (χ1v) is 8.91. The fourth-order valence-electron chi connectivity index (χ4n) is 2.81. The lowest BCUT2D eigenvalue weighted by atomic mass is 9.82. The zero-order valence-corrected chi connectivity index (χ0v) is 14.8. The maximum atomic E-state index is 12.1. The van der Waals surface area contributed by atoms with E-state index in [2.05, 4.69) is 26.6 Å². The highest BCUT2D eigenvalue weighted by Crippen LogP contribution is 2.25. The molecule has 4 N–H and O–H groups in total.